The predicted octanol–water partition coefficient (Wildman–Crippen LogP) is 2.11. The second kappa shape index (κ2) is 10.7. The summed E-state index contributed by atoms with van der Waals surface area (Å²) in [6.45, 7) is 1.79. The SMILES string of the molecule is CS(=O)(=O)N(CC(=O)N/N=C\c1cc([N+](=O)[O-])ccc1N1CCOCC1)c1cccc(Br)c1. The highest BCUT2D eigenvalue weighted by atomic mass is 79.9. The first kappa shape index (κ1) is 24.6. The lowest BCUT2D eigenvalue weighted by molar-refractivity contribution is -0.384. The van der Waals surface area contributed by atoms with Crippen LogP contribution >= 0.6 is 15.9 Å². The molecule has 0 radical (unpaired) electrons. The molecular weight excluding hydrogens is 518 g/mol. The number of nitro groups is 1. The minimum atomic E-state index is -3.74. The number of hydrazone groups is 1. The standard InChI is InChI=1S/C20H22BrN5O6S/c1-33(30,31)25(17-4-2-3-16(21)12-17)14-20(27)23-22-13-15-11-18(26(28)29)5-6-19(15)24-7-9-32-10-8-24/h2-6,11-13H,7-10,14H2,1H3,(H,23,27)/b22-13-. The number of benzene rings is 2. The van der Waals surface area contributed by atoms with Crippen molar-refractivity contribution in [2.24, 2.45) is 5.10 Å². The molecule has 0 bridgehead atoms. The Morgan fingerprint density at radius 2 is 2.03 bits per heavy atom. The van der Waals surface area contributed by atoms with Gasteiger partial charge in [0.1, 0.15) is 6.54 Å². The second-order valence-corrected chi connectivity index (χ2v) is 9.96. The smallest absolute Gasteiger partial charge is 0.270 e. The molecule has 33 heavy (non-hydrogen) atoms. The molecule has 1 aliphatic heterocycles. The number of hydrogen-bond acceptors (Lipinski definition) is 8. The number of ether oxygens (including phenoxy) is 1. The van der Waals surface area contributed by atoms with Crippen LogP contribution in [0.25, 0.3) is 0 Å². The van der Waals surface area contributed by atoms with E-state index < -0.39 is 27.4 Å². The van der Waals surface area contributed by atoms with E-state index in [2.05, 4.69) is 26.5 Å². The Hall–Kier alpha value is -3.03. The number of morpholine rings is 1. The maximum Gasteiger partial charge on any atom is 0.270 e. The lowest BCUT2D eigenvalue weighted by Gasteiger charge is -2.29. The van der Waals surface area contributed by atoms with E-state index in [-0.39, 0.29) is 5.69 Å². The van der Waals surface area contributed by atoms with Gasteiger partial charge in [0.15, 0.2) is 0 Å². The van der Waals surface area contributed by atoms with Crippen LogP contribution in [0.5, 0.6) is 0 Å². The molecule has 0 atom stereocenters. The van der Waals surface area contributed by atoms with Gasteiger partial charge in [0.25, 0.3) is 11.6 Å². The fourth-order valence-corrected chi connectivity index (χ4v) is 4.46. The number of nitrogens with one attached hydrogen (secondary N) is 1. The van der Waals surface area contributed by atoms with E-state index in [0.29, 0.717) is 47.7 Å². The summed E-state index contributed by atoms with van der Waals surface area (Å²) in [4.78, 5) is 25.1. The molecule has 1 amide bonds. The van der Waals surface area contributed by atoms with E-state index in [0.717, 1.165) is 10.6 Å². The molecule has 11 nitrogen and oxygen atoms in total. The van der Waals surface area contributed by atoms with E-state index >= 15 is 0 Å². The van der Waals surface area contributed by atoms with Gasteiger partial charge in [-0.05, 0) is 24.3 Å². The van der Waals surface area contributed by atoms with E-state index in [4.69, 9.17) is 4.74 Å². The van der Waals surface area contributed by atoms with Crippen LogP contribution in [0.4, 0.5) is 17.1 Å². The van der Waals surface area contributed by atoms with Crippen molar-refractivity contribution in [3.8, 4) is 0 Å². The summed E-state index contributed by atoms with van der Waals surface area (Å²) in [5.74, 6) is -0.671. The highest BCUT2D eigenvalue weighted by molar-refractivity contribution is 9.10. The van der Waals surface area contributed by atoms with Gasteiger partial charge in [0.05, 0.1) is 36.3 Å². The van der Waals surface area contributed by atoms with Crippen LogP contribution in [-0.4, -0.2) is 64.6 Å². The molecule has 0 saturated carbocycles. The van der Waals surface area contributed by atoms with Gasteiger partial charge in [-0.25, -0.2) is 13.8 Å². The Kier molecular flexibility index (Phi) is 8.00. The van der Waals surface area contributed by atoms with Crippen molar-refractivity contribution >= 4 is 55.1 Å². The largest absolute Gasteiger partial charge is 0.378 e. The van der Waals surface area contributed by atoms with Gasteiger partial charge in [0, 0.05) is 40.9 Å². The summed E-state index contributed by atoms with van der Waals surface area (Å²) < 4.78 is 31.4. The van der Waals surface area contributed by atoms with Crippen LogP contribution in [0.15, 0.2) is 52.0 Å². The third kappa shape index (κ3) is 6.73. The van der Waals surface area contributed by atoms with E-state index in [1.54, 1.807) is 30.3 Å². The molecule has 2 aromatic rings. The minimum Gasteiger partial charge on any atom is -0.378 e. The highest BCUT2D eigenvalue weighted by Gasteiger charge is 2.21. The Morgan fingerprint density at radius 1 is 1.30 bits per heavy atom. The molecule has 1 fully saturated rings. The van der Waals surface area contributed by atoms with Crippen molar-refractivity contribution in [2.45, 2.75) is 0 Å². The predicted molar refractivity (Wildman–Crippen MR) is 128 cm³/mol. The quantitative estimate of drug-likeness (QED) is 0.308. The third-order valence-corrected chi connectivity index (χ3v) is 6.38. The summed E-state index contributed by atoms with van der Waals surface area (Å²) in [6, 6.07) is 10.9. The van der Waals surface area contributed by atoms with Gasteiger partial charge in [0.2, 0.25) is 10.0 Å². The number of non-ortho nitro benzene ring substituents is 1. The highest BCUT2D eigenvalue weighted by Crippen LogP contribution is 2.25. The number of hydrogen-bond donors (Lipinski definition) is 1. The van der Waals surface area contributed by atoms with Crippen LogP contribution in [-0.2, 0) is 19.6 Å². The topological polar surface area (TPSA) is 134 Å². The average molecular weight is 540 g/mol. The number of nitrogens with zero attached hydrogens (tertiary/aromatic N) is 4. The first-order valence-corrected chi connectivity index (χ1v) is 12.5. The van der Waals surface area contributed by atoms with Gasteiger partial charge >= 0.3 is 0 Å². The van der Waals surface area contributed by atoms with E-state index in [9.17, 15) is 23.3 Å². The molecule has 1 heterocycles. The van der Waals surface area contributed by atoms with Gasteiger partial charge in [-0.1, -0.05) is 22.0 Å². The van der Waals surface area contributed by atoms with Crippen molar-refractivity contribution in [3.63, 3.8) is 0 Å². The van der Waals surface area contributed by atoms with Gasteiger partial charge in [-0.3, -0.25) is 19.2 Å². The van der Waals surface area contributed by atoms with E-state index in [1.807, 2.05) is 4.90 Å². The number of anilines is 2. The maximum absolute atomic E-state index is 12.4. The number of carbonyl (C=O) groups is 1. The fourth-order valence-electron chi connectivity index (χ4n) is 3.22. The second-order valence-electron chi connectivity index (χ2n) is 7.14. The zero-order valence-electron chi connectivity index (χ0n) is 17.7. The molecule has 0 spiro atoms. The molecule has 0 aliphatic carbocycles. The van der Waals surface area contributed by atoms with Crippen molar-refractivity contribution in [3.05, 3.63) is 62.6 Å². The molecule has 13 heteroatoms. The molecule has 0 aromatic heterocycles. The fraction of sp³-hybridized carbons (Fsp3) is 0.300. The zero-order valence-corrected chi connectivity index (χ0v) is 20.1. The van der Waals surface area contributed by atoms with Crippen LogP contribution in [0, 0.1) is 10.1 Å². The Labute approximate surface area is 199 Å². The molecule has 2 aromatic carbocycles. The lowest BCUT2D eigenvalue weighted by Crippen LogP contribution is -2.39. The van der Waals surface area contributed by atoms with Gasteiger partial charge < -0.3 is 9.64 Å². The molecule has 1 N–H and O–H groups in total. The first-order chi connectivity index (χ1) is 15.6. The molecule has 176 valence electrons. The van der Waals surface area contributed by atoms with Crippen LogP contribution in [0.3, 0.4) is 0 Å². The van der Waals surface area contributed by atoms with Crippen molar-refractivity contribution in [2.75, 3.05) is 48.3 Å². The zero-order chi connectivity index (χ0) is 24.0. The summed E-state index contributed by atoms with van der Waals surface area (Å²) in [6.07, 6.45) is 2.31. The van der Waals surface area contributed by atoms with Crippen molar-refractivity contribution in [1.29, 1.82) is 0 Å². The number of carbonyl (C=O) groups excluding carboxylic acids is 1. The van der Waals surface area contributed by atoms with Gasteiger partial charge in [-0.15, -0.1) is 0 Å². The molecule has 1 aliphatic rings. The molecule has 0 unspecified atom stereocenters. The molecule has 3 rings (SSSR count). The molecule has 1 saturated heterocycles. The number of sulfonamides is 1. The van der Waals surface area contributed by atoms with Crippen LogP contribution < -0.4 is 14.6 Å². The first-order valence-electron chi connectivity index (χ1n) is 9.81. The summed E-state index contributed by atoms with van der Waals surface area (Å²) >= 11 is 3.28. The Bertz CT molecular complexity index is 1170. The maximum atomic E-state index is 12.4. The van der Waals surface area contributed by atoms with Gasteiger partial charge in [-0.2, -0.15) is 5.10 Å². The minimum absolute atomic E-state index is 0.113. The van der Waals surface area contributed by atoms with Crippen LogP contribution in [0.2, 0.25) is 0 Å². The number of nitro benzene ring substituents is 1. The average Bonchev–Trinajstić information content (AvgIpc) is 2.77. The number of halogens is 1. The van der Waals surface area contributed by atoms with Crippen molar-refractivity contribution < 1.29 is 22.9 Å². The third-order valence-electron chi connectivity index (χ3n) is 4.75. The number of amides is 1. The summed E-state index contributed by atoms with van der Waals surface area (Å²) in [7, 11) is -3.74. The van der Waals surface area contributed by atoms with Crippen molar-refractivity contribution in [1.82, 2.24) is 5.43 Å². The summed E-state index contributed by atoms with van der Waals surface area (Å²) in [5.41, 5.74) is 3.66. The lowest BCUT2D eigenvalue weighted by atomic mass is 10.1. The Balaban J connectivity index is 1.77. The summed E-state index contributed by atoms with van der Waals surface area (Å²) in [5, 5.41) is 15.1. The van der Waals surface area contributed by atoms with E-state index in [1.165, 1.54) is 18.3 Å². The monoisotopic (exact) mass is 539 g/mol. The van der Waals surface area contributed by atoms with Crippen LogP contribution in [0.1, 0.15) is 5.56 Å². The Morgan fingerprint density at radius 3 is 2.67 bits per heavy atom. The molecular formula is C20H22BrN5O6S. The number of rotatable bonds is 8. The normalized spacial score (nSPS) is 14.3.